The topological polar surface area (TPSA) is 96.9 Å². The van der Waals surface area contributed by atoms with Gasteiger partial charge in [-0.05, 0) is 57.7 Å². The van der Waals surface area contributed by atoms with Gasteiger partial charge in [-0.1, -0.05) is 45.1 Å². The van der Waals surface area contributed by atoms with Gasteiger partial charge in [-0.3, -0.25) is 4.79 Å². The lowest BCUT2D eigenvalue weighted by molar-refractivity contribution is -0.125. The van der Waals surface area contributed by atoms with Crippen LogP contribution >= 0.6 is 0 Å². The predicted octanol–water partition coefficient (Wildman–Crippen LogP) is 3.99. The van der Waals surface area contributed by atoms with Crippen LogP contribution in [0.5, 0.6) is 5.75 Å². The molecule has 0 aliphatic carbocycles. The highest BCUT2D eigenvalue weighted by Crippen LogP contribution is 2.19. The van der Waals surface area contributed by atoms with Gasteiger partial charge in [0.2, 0.25) is 5.91 Å². The number of alkyl carbamates (subject to hydrolysis) is 1. The number of carbonyl (C=O) groups excluding carboxylic acids is 2. The summed E-state index contributed by atoms with van der Waals surface area (Å²) in [6, 6.07) is 6.82. The lowest BCUT2D eigenvalue weighted by Crippen LogP contribution is -2.48. The Bertz CT molecular complexity index is 729. The van der Waals surface area contributed by atoms with Gasteiger partial charge in [0.25, 0.3) is 0 Å². The molecule has 0 aromatic heterocycles. The molecule has 0 saturated carbocycles. The zero-order valence-corrected chi connectivity index (χ0v) is 20.1. The van der Waals surface area contributed by atoms with E-state index >= 15 is 0 Å². The normalized spacial score (nSPS) is 14.1. The molecule has 1 rings (SSSR count). The number of hydrogen-bond donors (Lipinski definition) is 3. The van der Waals surface area contributed by atoms with E-state index in [-0.39, 0.29) is 12.3 Å². The SMILES string of the molecule is C=CCOc1cccc(CC(NC(=O)OC(C)(C)C)C(O)CC(C)C(=O)NCCCC)c1. The van der Waals surface area contributed by atoms with Gasteiger partial charge in [-0.2, -0.15) is 0 Å². The summed E-state index contributed by atoms with van der Waals surface area (Å²) < 4.78 is 11.0. The maximum atomic E-state index is 12.4. The molecule has 3 N–H and O–H groups in total. The Labute approximate surface area is 192 Å². The highest BCUT2D eigenvalue weighted by molar-refractivity contribution is 5.78. The molecule has 2 amide bonds. The third-order valence-electron chi connectivity index (χ3n) is 4.76. The van der Waals surface area contributed by atoms with E-state index in [2.05, 4.69) is 24.1 Å². The van der Waals surface area contributed by atoms with Gasteiger partial charge in [0.1, 0.15) is 18.0 Å². The van der Waals surface area contributed by atoms with Crippen LogP contribution in [-0.2, 0) is 16.0 Å². The maximum Gasteiger partial charge on any atom is 0.407 e. The van der Waals surface area contributed by atoms with Crippen LogP contribution < -0.4 is 15.4 Å². The van der Waals surface area contributed by atoms with E-state index < -0.39 is 29.8 Å². The molecular weight excluding hydrogens is 408 g/mol. The monoisotopic (exact) mass is 448 g/mol. The highest BCUT2D eigenvalue weighted by Gasteiger charge is 2.28. The van der Waals surface area contributed by atoms with Crippen LogP contribution in [0.25, 0.3) is 0 Å². The van der Waals surface area contributed by atoms with E-state index in [1.807, 2.05) is 24.3 Å². The Morgan fingerprint density at radius 1 is 1.28 bits per heavy atom. The molecule has 180 valence electrons. The molecule has 3 unspecified atom stereocenters. The second-order valence-electron chi connectivity index (χ2n) is 9.05. The number of benzene rings is 1. The molecule has 0 spiro atoms. The highest BCUT2D eigenvalue weighted by atomic mass is 16.6. The summed E-state index contributed by atoms with van der Waals surface area (Å²) in [6.07, 6.45) is 2.59. The molecule has 7 nitrogen and oxygen atoms in total. The van der Waals surface area contributed by atoms with E-state index in [0.717, 1.165) is 18.4 Å². The van der Waals surface area contributed by atoms with Gasteiger partial charge in [-0.25, -0.2) is 4.79 Å². The van der Waals surface area contributed by atoms with Crippen LogP contribution in [0.4, 0.5) is 4.79 Å². The summed E-state index contributed by atoms with van der Waals surface area (Å²) in [4.78, 5) is 24.7. The Kier molecular flexibility index (Phi) is 11.8. The van der Waals surface area contributed by atoms with Crippen molar-refractivity contribution in [3.05, 3.63) is 42.5 Å². The fourth-order valence-corrected chi connectivity index (χ4v) is 3.11. The van der Waals surface area contributed by atoms with E-state index in [1.165, 1.54) is 0 Å². The molecule has 7 heteroatoms. The summed E-state index contributed by atoms with van der Waals surface area (Å²) in [7, 11) is 0. The van der Waals surface area contributed by atoms with Crippen molar-refractivity contribution in [2.75, 3.05) is 13.2 Å². The van der Waals surface area contributed by atoms with Crippen molar-refractivity contribution < 1.29 is 24.2 Å². The minimum absolute atomic E-state index is 0.103. The molecule has 0 saturated heterocycles. The minimum Gasteiger partial charge on any atom is -0.490 e. The average molecular weight is 449 g/mol. The fourth-order valence-electron chi connectivity index (χ4n) is 3.11. The quantitative estimate of drug-likeness (QED) is 0.313. The van der Waals surface area contributed by atoms with Gasteiger partial charge in [0.05, 0.1) is 12.1 Å². The van der Waals surface area contributed by atoms with Crippen molar-refractivity contribution in [2.45, 2.75) is 78.0 Å². The summed E-state index contributed by atoms with van der Waals surface area (Å²) in [5, 5.41) is 16.6. The largest absolute Gasteiger partial charge is 0.490 e. The minimum atomic E-state index is -0.938. The molecule has 0 radical (unpaired) electrons. The van der Waals surface area contributed by atoms with Gasteiger partial charge < -0.3 is 25.2 Å². The fraction of sp³-hybridized carbons (Fsp3) is 0.600. The number of aliphatic hydroxyl groups is 1. The van der Waals surface area contributed by atoms with Crippen LogP contribution in [0.3, 0.4) is 0 Å². The van der Waals surface area contributed by atoms with Crippen LogP contribution in [0.15, 0.2) is 36.9 Å². The Balaban J connectivity index is 2.90. The Hall–Kier alpha value is -2.54. The number of hydrogen-bond acceptors (Lipinski definition) is 5. The number of ether oxygens (including phenoxy) is 2. The van der Waals surface area contributed by atoms with Crippen molar-refractivity contribution in [3.8, 4) is 5.75 Å². The van der Waals surface area contributed by atoms with Gasteiger partial charge in [0.15, 0.2) is 0 Å². The number of unbranched alkanes of at least 4 members (excludes halogenated alkanes) is 1. The summed E-state index contributed by atoms with van der Waals surface area (Å²) in [5.41, 5.74) is 0.219. The van der Waals surface area contributed by atoms with Crippen LogP contribution in [-0.4, -0.2) is 48.0 Å². The number of nitrogens with one attached hydrogen (secondary N) is 2. The smallest absolute Gasteiger partial charge is 0.407 e. The first-order chi connectivity index (χ1) is 15.1. The van der Waals surface area contributed by atoms with Gasteiger partial charge in [-0.15, -0.1) is 0 Å². The number of aliphatic hydroxyl groups excluding tert-OH is 1. The van der Waals surface area contributed by atoms with Gasteiger partial charge in [0, 0.05) is 12.5 Å². The summed E-state index contributed by atoms with van der Waals surface area (Å²) in [5.74, 6) is 0.178. The lowest BCUT2D eigenvalue weighted by Gasteiger charge is -2.28. The third kappa shape index (κ3) is 11.2. The summed E-state index contributed by atoms with van der Waals surface area (Å²) >= 11 is 0. The maximum absolute atomic E-state index is 12.4. The first kappa shape index (κ1) is 27.5. The van der Waals surface area contributed by atoms with Gasteiger partial charge >= 0.3 is 6.09 Å². The Morgan fingerprint density at radius 3 is 2.62 bits per heavy atom. The van der Waals surface area contributed by atoms with Crippen molar-refractivity contribution in [3.63, 3.8) is 0 Å². The van der Waals surface area contributed by atoms with Crippen LogP contribution in [0.2, 0.25) is 0 Å². The lowest BCUT2D eigenvalue weighted by atomic mass is 9.93. The first-order valence-electron chi connectivity index (χ1n) is 11.3. The molecule has 0 aliphatic heterocycles. The van der Waals surface area contributed by atoms with E-state index in [1.54, 1.807) is 33.8 Å². The molecule has 0 heterocycles. The Morgan fingerprint density at radius 2 is 2.00 bits per heavy atom. The van der Waals surface area contributed by atoms with Crippen LogP contribution in [0.1, 0.15) is 59.4 Å². The molecular formula is C25H40N2O5. The third-order valence-corrected chi connectivity index (χ3v) is 4.76. The van der Waals surface area contributed by atoms with E-state index in [4.69, 9.17) is 9.47 Å². The molecule has 1 aromatic carbocycles. The standard InChI is InChI=1S/C25H40N2O5/c1-7-9-13-26-23(29)18(3)15-22(28)21(27-24(30)32-25(4,5)6)17-19-11-10-12-20(16-19)31-14-8-2/h8,10-12,16,18,21-22,28H,2,7,9,13-15,17H2,1,3-6H3,(H,26,29)(H,27,30). The van der Waals surface area contributed by atoms with Crippen molar-refractivity contribution in [1.82, 2.24) is 10.6 Å². The predicted molar refractivity (Wildman–Crippen MR) is 127 cm³/mol. The number of carbonyl (C=O) groups is 2. The second-order valence-corrected chi connectivity index (χ2v) is 9.05. The van der Waals surface area contributed by atoms with E-state index in [0.29, 0.717) is 25.3 Å². The van der Waals surface area contributed by atoms with E-state index in [9.17, 15) is 14.7 Å². The average Bonchev–Trinajstić information content (AvgIpc) is 2.70. The van der Waals surface area contributed by atoms with Crippen LogP contribution in [0, 0.1) is 5.92 Å². The zero-order chi connectivity index (χ0) is 24.1. The molecule has 3 atom stereocenters. The molecule has 32 heavy (non-hydrogen) atoms. The van der Waals surface area contributed by atoms with Crippen molar-refractivity contribution in [1.29, 1.82) is 0 Å². The second kappa shape index (κ2) is 13.8. The molecule has 0 aliphatic rings. The first-order valence-corrected chi connectivity index (χ1v) is 11.3. The molecule has 0 bridgehead atoms. The van der Waals surface area contributed by atoms with Crippen molar-refractivity contribution >= 4 is 12.0 Å². The van der Waals surface area contributed by atoms with Crippen molar-refractivity contribution in [2.24, 2.45) is 5.92 Å². The summed E-state index contributed by atoms with van der Waals surface area (Å²) in [6.45, 7) is 13.8. The molecule has 1 aromatic rings. The number of amides is 2. The zero-order valence-electron chi connectivity index (χ0n) is 20.1. The molecule has 0 fully saturated rings. The number of rotatable bonds is 13.